The summed E-state index contributed by atoms with van der Waals surface area (Å²) in [6, 6.07) is 5.58. The lowest BCUT2D eigenvalue weighted by atomic mass is 10.1. The average molecular weight is 331 g/mol. The van der Waals surface area contributed by atoms with Crippen LogP contribution in [0.25, 0.3) is 0 Å². The van der Waals surface area contributed by atoms with E-state index in [9.17, 15) is 4.79 Å². The second-order valence-electron chi connectivity index (χ2n) is 5.22. The van der Waals surface area contributed by atoms with Gasteiger partial charge in [0.25, 0.3) is 0 Å². The molecule has 1 amide bonds. The van der Waals surface area contributed by atoms with Crippen LogP contribution in [-0.4, -0.2) is 31.7 Å². The van der Waals surface area contributed by atoms with Gasteiger partial charge in [-0.15, -0.1) is 0 Å². The summed E-state index contributed by atoms with van der Waals surface area (Å²) in [4.78, 5) is 11.9. The van der Waals surface area contributed by atoms with Crippen molar-refractivity contribution in [3.8, 4) is 0 Å². The van der Waals surface area contributed by atoms with E-state index < -0.39 is 0 Å². The van der Waals surface area contributed by atoms with E-state index in [1.165, 1.54) is 0 Å². The molecule has 6 heteroatoms. The molecule has 0 radical (unpaired) electrons. The standard InChI is InChI=1S/C15H20Cl2N2O2/c1-10(13-3-2-11(16)8-14(13)17)18-9-15(20)19-12-4-6-21-7-5-12/h2-3,8,10,12,18H,4-7,9H2,1H3,(H,19,20). The van der Waals surface area contributed by atoms with Crippen molar-refractivity contribution in [2.45, 2.75) is 31.8 Å². The highest BCUT2D eigenvalue weighted by Crippen LogP contribution is 2.25. The van der Waals surface area contributed by atoms with Crippen molar-refractivity contribution >= 4 is 29.1 Å². The van der Waals surface area contributed by atoms with Crippen LogP contribution in [0.5, 0.6) is 0 Å². The summed E-state index contributed by atoms with van der Waals surface area (Å²) in [5.41, 5.74) is 0.930. The summed E-state index contributed by atoms with van der Waals surface area (Å²) >= 11 is 12.0. The van der Waals surface area contributed by atoms with Gasteiger partial charge in [-0.2, -0.15) is 0 Å². The van der Waals surface area contributed by atoms with Gasteiger partial charge in [0.05, 0.1) is 6.54 Å². The average Bonchev–Trinajstić information content (AvgIpc) is 2.46. The molecule has 1 aliphatic rings. The van der Waals surface area contributed by atoms with Gasteiger partial charge < -0.3 is 15.4 Å². The molecule has 0 saturated carbocycles. The van der Waals surface area contributed by atoms with Gasteiger partial charge in [0.15, 0.2) is 0 Å². The van der Waals surface area contributed by atoms with E-state index in [0.717, 1.165) is 31.6 Å². The topological polar surface area (TPSA) is 50.4 Å². The van der Waals surface area contributed by atoms with Crippen LogP contribution < -0.4 is 10.6 Å². The van der Waals surface area contributed by atoms with Crippen molar-refractivity contribution in [3.05, 3.63) is 33.8 Å². The number of hydrogen-bond acceptors (Lipinski definition) is 3. The highest BCUT2D eigenvalue weighted by atomic mass is 35.5. The van der Waals surface area contributed by atoms with Crippen LogP contribution in [0.3, 0.4) is 0 Å². The molecule has 2 rings (SSSR count). The van der Waals surface area contributed by atoms with Crippen LogP contribution in [0.1, 0.15) is 31.4 Å². The van der Waals surface area contributed by atoms with Crippen LogP contribution in [0.4, 0.5) is 0 Å². The first-order valence-corrected chi connectivity index (χ1v) is 7.87. The maximum Gasteiger partial charge on any atom is 0.234 e. The summed E-state index contributed by atoms with van der Waals surface area (Å²) in [6.45, 7) is 3.67. The fraction of sp³-hybridized carbons (Fsp3) is 0.533. The molecule has 2 N–H and O–H groups in total. The Bertz CT molecular complexity index is 491. The first-order valence-electron chi connectivity index (χ1n) is 7.11. The van der Waals surface area contributed by atoms with Gasteiger partial charge >= 0.3 is 0 Å². The smallest absolute Gasteiger partial charge is 0.234 e. The Kier molecular flexibility index (Phi) is 6.30. The van der Waals surface area contributed by atoms with Crippen LogP contribution in [0.15, 0.2) is 18.2 Å². The zero-order valence-corrected chi connectivity index (χ0v) is 13.5. The molecule has 1 atom stereocenters. The quantitative estimate of drug-likeness (QED) is 0.872. The van der Waals surface area contributed by atoms with E-state index in [0.29, 0.717) is 10.0 Å². The van der Waals surface area contributed by atoms with Crippen LogP contribution in [-0.2, 0) is 9.53 Å². The number of amides is 1. The largest absolute Gasteiger partial charge is 0.381 e. The molecule has 0 aromatic heterocycles. The van der Waals surface area contributed by atoms with Gasteiger partial charge in [-0.1, -0.05) is 29.3 Å². The number of rotatable bonds is 5. The minimum atomic E-state index is -0.0183. The third kappa shape index (κ3) is 5.15. The van der Waals surface area contributed by atoms with Crippen LogP contribution in [0.2, 0.25) is 10.0 Å². The van der Waals surface area contributed by atoms with Gasteiger partial charge in [0.1, 0.15) is 0 Å². The minimum absolute atomic E-state index is 0.00108. The summed E-state index contributed by atoms with van der Waals surface area (Å²) < 4.78 is 5.27. The number of nitrogens with one attached hydrogen (secondary N) is 2. The number of hydrogen-bond donors (Lipinski definition) is 2. The molecule has 116 valence electrons. The van der Waals surface area contributed by atoms with Crippen molar-refractivity contribution in [3.63, 3.8) is 0 Å². The number of ether oxygens (including phenoxy) is 1. The first-order chi connectivity index (χ1) is 10.1. The Labute approximate surface area is 135 Å². The van der Waals surface area contributed by atoms with Crippen LogP contribution >= 0.6 is 23.2 Å². The summed E-state index contributed by atoms with van der Waals surface area (Å²) in [6.07, 6.45) is 1.76. The van der Waals surface area contributed by atoms with Gasteiger partial charge in [0, 0.05) is 35.3 Å². The second-order valence-corrected chi connectivity index (χ2v) is 6.07. The normalized spacial score (nSPS) is 17.5. The van der Waals surface area contributed by atoms with Crippen molar-refractivity contribution in [2.24, 2.45) is 0 Å². The number of benzene rings is 1. The minimum Gasteiger partial charge on any atom is -0.381 e. The monoisotopic (exact) mass is 330 g/mol. The van der Waals surface area contributed by atoms with Crippen molar-refractivity contribution in [2.75, 3.05) is 19.8 Å². The molecule has 1 unspecified atom stereocenters. The molecule has 0 aliphatic carbocycles. The van der Waals surface area contributed by atoms with Crippen LogP contribution in [0, 0.1) is 0 Å². The summed E-state index contributed by atoms with van der Waals surface area (Å²) in [5, 5.41) is 7.40. The van der Waals surface area contributed by atoms with Crippen molar-refractivity contribution in [1.82, 2.24) is 10.6 Å². The number of halogens is 2. The Morgan fingerprint density at radius 3 is 2.76 bits per heavy atom. The van der Waals surface area contributed by atoms with E-state index in [1.54, 1.807) is 12.1 Å². The van der Waals surface area contributed by atoms with Crippen molar-refractivity contribution < 1.29 is 9.53 Å². The lowest BCUT2D eigenvalue weighted by molar-refractivity contribution is -0.121. The lowest BCUT2D eigenvalue weighted by Gasteiger charge is -2.23. The Morgan fingerprint density at radius 2 is 2.10 bits per heavy atom. The van der Waals surface area contributed by atoms with Gasteiger partial charge in [-0.3, -0.25) is 4.79 Å². The second kappa shape index (κ2) is 7.99. The predicted molar refractivity (Wildman–Crippen MR) is 84.9 cm³/mol. The molecular weight excluding hydrogens is 311 g/mol. The zero-order valence-electron chi connectivity index (χ0n) is 12.0. The SMILES string of the molecule is CC(NCC(=O)NC1CCOCC1)c1ccc(Cl)cc1Cl. The number of carbonyl (C=O) groups excluding carboxylic acids is 1. The Morgan fingerprint density at radius 1 is 1.38 bits per heavy atom. The van der Waals surface area contributed by atoms with Gasteiger partial charge in [0.2, 0.25) is 5.91 Å². The highest BCUT2D eigenvalue weighted by molar-refractivity contribution is 6.35. The molecule has 1 aromatic carbocycles. The molecule has 0 spiro atoms. The fourth-order valence-corrected chi connectivity index (χ4v) is 2.90. The summed E-state index contributed by atoms with van der Waals surface area (Å²) in [5.74, 6) is -0.00108. The van der Waals surface area contributed by atoms with E-state index in [-0.39, 0.29) is 24.5 Å². The predicted octanol–water partition coefficient (Wildman–Crippen LogP) is 2.94. The number of carbonyl (C=O) groups is 1. The molecule has 1 fully saturated rings. The third-order valence-corrected chi connectivity index (χ3v) is 4.15. The van der Waals surface area contributed by atoms with E-state index >= 15 is 0 Å². The molecule has 21 heavy (non-hydrogen) atoms. The Balaban J connectivity index is 1.80. The van der Waals surface area contributed by atoms with E-state index in [2.05, 4.69) is 10.6 Å². The van der Waals surface area contributed by atoms with E-state index in [4.69, 9.17) is 27.9 Å². The molecular formula is C15H20Cl2N2O2. The Hall–Kier alpha value is -0.810. The summed E-state index contributed by atoms with van der Waals surface area (Å²) in [7, 11) is 0. The zero-order chi connectivity index (χ0) is 15.2. The fourth-order valence-electron chi connectivity index (χ4n) is 2.33. The maximum absolute atomic E-state index is 11.9. The molecule has 1 saturated heterocycles. The molecule has 4 nitrogen and oxygen atoms in total. The van der Waals surface area contributed by atoms with Gasteiger partial charge in [-0.05, 0) is 37.5 Å². The third-order valence-electron chi connectivity index (χ3n) is 3.58. The van der Waals surface area contributed by atoms with Gasteiger partial charge in [-0.25, -0.2) is 0 Å². The lowest BCUT2D eigenvalue weighted by Crippen LogP contribution is -2.43. The maximum atomic E-state index is 11.9. The van der Waals surface area contributed by atoms with Crippen molar-refractivity contribution in [1.29, 1.82) is 0 Å². The molecule has 1 heterocycles. The van der Waals surface area contributed by atoms with E-state index in [1.807, 2.05) is 13.0 Å². The first kappa shape index (κ1) is 16.6. The molecule has 1 aromatic rings. The molecule has 1 aliphatic heterocycles. The highest BCUT2D eigenvalue weighted by Gasteiger charge is 2.17. The molecule has 0 bridgehead atoms.